The average Bonchev–Trinajstić information content (AvgIpc) is 3.39. The third kappa shape index (κ3) is 4.60. The quantitative estimate of drug-likeness (QED) is 0.262. The minimum absolute atomic E-state index is 0.0996. The smallest absolute Gasteiger partial charge is 0.174 e. The molecule has 5 nitrogen and oxygen atoms in total. The van der Waals surface area contributed by atoms with Crippen molar-refractivity contribution < 1.29 is 4.74 Å². The van der Waals surface area contributed by atoms with E-state index < -0.39 is 0 Å². The van der Waals surface area contributed by atoms with E-state index in [0.717, 1.165) is 39.8 Å². The number of anilines is 1. The maximum Gasteiger partial charge on any atom is 0.174 e. The second-order valence-electron chi connectivity index (χ2n) is 9.72. The fourth-order valence-corrected chi connectivity index (χ4v) is 5.78. The van der Waals surface area contributed by atoms with Crippen LogP contribution >= 0.6 is 23.8 Å². The summed E-state index contributed by atoms with van der Waals surface area (Å²) in [5.74, 6) is 1.22. The summed E-state index contributed by atoms with van der Waals surface area (Å²) in [4.78, 5) is 6.92. The number of nitrogens with zero attached hydrogens (tertiary/aromatic N) is 3. The molecule has 0 saturated carbocycles. The van der Waals surface area contributed by atoms with Gasteiger partial charge in [-0.15, -0.1) is 0 Å². The van der Waals surface area contributed by atoms with Crippen LogP contribution < -0.4 is 15.0 Å². The first kappa shape index (κ1) is 25.3. The predicted molar refractivity (Wildman–Crippen MR) is 155 cm³/mol. The molecule has 1 aliphatic heterocycles. The van der Waals surface area contributed by atoms with E-state index in [4.69, 9.17) is 33.5 Å². The Morgan fingerprint density at radius 1 is 1.03 bits per heavy atom. The first-order valence-electron chi connectivity index (χ1n) is 12.4. The molecule has 1 aliphatic rings. The lowest BCUT2D eigenvalue weighted by molar-refractivity contribution is 0.412. The van der Waals surface area contributed by atoms with E-state index >= 15 is 0 Å². The van der Waals surface area contributed by atoms with Crippen molar-refractivity contribution in [2.75, 3.05) is 12.0 Å². The highest BCUT2D eigenvalue weighted by Crippen LogP contribution is 2.44. The number of methoxy groups -OCH3 is 1. The van der Waals surface area contributed by atoms with Crippen LogP contribution in [0.2, 0.25) is 5.02 Å². The van der Waals surface area contributed by atoms with Crippen LogP contribution in [0.5, 0.6) is 5.75 Å². The zero-order valence-electron chi connectivity index (χ0n) is 21.7. The van der Waals surface area contributed by atoms with E-state index in [9.17, 15) is 0 Å². The molecule has 1 saturated heterocycles. The topological polar surface area (TPSA) is 42.3 Å². The van der Waals surface area contributed by atoms with Crippen molar-refractivity contribution in [1.29, 1.82) is 0 Å². The van der Waals surface area contributed by atoms with Crippen molar-refractivity contribution in [2.24, 2.45) is 0 Å². The third-order valence-corrected chi connectivity index (χ3v) is 7.66. The van der Waals surface area contributed by atoms with E-state index in [1.165, 1.54) is 5.56 Å². The molecule has 2 aromatic carbocycles. The molecule has 7 heteroatoms. The molecule has 1 N–H and O–H groups in total. The molecule has 0 bridgehead atoms. The molecule has 3 heterocycles. The Bertz CT molecular complexity index is 1430. The summed E-state index contributed by atoms with van der Waals surface area (Å²) >= 11 is 12.3. The van der Waals surface area contributed by atoms with Crippen LogP contribution in [0.1, 0.15) is 60.1 Å². The van der Waals surface area contributed by atoms with Gasteiger partial charge in [-0.1, -0.05) is 43.6 Å². The van der Waals surface area contributed by atoms with Gasteiger partial charge in [0.2, 0.25) is 0 Å². The van der Waals surface area contributed by atoms with Crippen molar-refractivity contribution in [3.05, 3.63) is 106 Å². The second kappa shape index (κ2) is 10.2. The highest BCUT2D eigenvalue weighted by atomic mass is 35.5. The van der Waals surface area contributed by atoms with Crippen LogP contribution in [0.4, 0.5) is 5.69 Å². The third-order valence-electron chi connectivity index (χ3n) is 7.11. The van der Waals surface area contributed by atoms with E-state index in [0.29, 0.717) is 16.1 Å². The van der Waals surface area contributed by atoms with E-state index in [-0.39, 0.29) is 12.1 Å². The van der Waals surface area contributed by atoms with Gasteiger partial charge in [0.15, 0.2) is 5.11 Å². The summed E-state index contributed by atoms with van der Waals surface area (Å²) in [6.45, 7) is 8.65. The van der Waals surface area contributed by atoms with Crippen molar-refractivity contribution in [3.63, 3.8) is 0 Å². The highest BCUT2D eigenvalue weighted by Gasteiger charge is 2.42. The van der Waals surface area contributed by atoms with Gasteiger partial charge in [-0.25, -0.2) is 0 Å². The summed E-state index contributed by atoms with van der Waals surface area (Å²) in [6.07, 6.45) is 1.83. The van der Waals surface area contributed by atoms with Gasteiger partial charge in [-0.2, -0.15) is 0 Å². The average molecular weight is 531 g/mol. The molecule has 190 valence electrons. The minimum atomic E-state index is -0.117. The molecular formula is C30H31ClN4OS. The monoisotopic (exact) mass is 530 g/mol. The molecule has 0 unspecified atom stereocenters. The first-order valence-corrected chi connectivity index (χ1v) is 13.2. The lowest BCUT2D eigenvalue weighted by atomic mass is 9.96. The molecule has 4 aromatic rings. The van der Waals surface area contributed by atoms with Gasteiger partial charge < -0.3 is 19.5 Å². The van der Waals surface area contributed by atoms with Crippen molar-refractivity contribution in [1.82, 2.24) is 14.9 Å². The van der Waals surface area contributed by atoms with Crippen LogP contribution in [0.15, 0.2) is 72.9 Å². The van der Waals surface area contributed by atoms with Crippen molar-refractivity contribution in [2.45, 2.75) is 45.7 Å². The number of rotatable bonds is 6. The molecule has 0 spiro atoms. The molecule has 2 atom stereocenters. The van der Waals surface area contributed by atoms with Gasteiger partial charge >= 0.3 is 0 Å². The van der Waals surface area contributed by atoms with Crippen LogP contribution in [0.3, 0.4) is 0 Å². The lowest BCUT2D eigenvalue weighted by Crippen LogP contribution is -2.29. The number of nitrogens with one attached hydrogen (secondary N) is 1. The Labute approximate surface area is 229 Å². The minimum Gasteiger partial charge on any atom is -0.495 e. The number of pyridine rings is 1. The maximum absolute atomic E-state index is 6.41. The van der Waals surface area contributed by atoms with Gasteiger partial charge in [-0.3, -0.25) is 4.98 Å². The summed E-state index contributed by atoms with van der Waals surface area (Å²) in [7, 11) is 1.68. The molecule has 37 heavy (non-hydrogen) atoms. The zero-order chi connectivity index (χ0) is 26.3. The summed E-state index contributed by atoms with van der Waals surface area (Å²) < 4.78 is 7.90. The predicted octanol–water partition coefficient (Wildman–Crippen LogP) is 7.45. The number of ether oxygens (including phenoxy) is 1. The number of hydrogen-bond acceptors (Lipinski definition) is 3. The zero-order valence-corrected chi connectivity index (χ0v) is 23.3. The Balaban J connectivity index is 1.68. The second-order valence-corrected chi connectivity index (χ2v) is 10.5. The molecule has 0 aliphatic carbocycles. The Kier molecular flexibility index (Phi) is 6.97. The number of hydrogen-bond donors (Lipinski definition) is 1. The number of aromatic nitrogens is 2. The fraction of sp³-hybridized carbons (Fsp3) is 0.267. The normalized spacial score (nSPS) is 17.4. The summed E-state index contributed by atoms with van der Waals surface area (Å²) in [5.41, 5.74) is 7.55. The Morgan fingerprint density at radius 2 is 1.78 bits per heavy atom. The van der Waals surface area contributed by atoms with Gasteiger partial charge in [0.05, 0.1) is 30.6 Å². The number of halogens is 1. The summed E-state index contributed by atoms with van der Waals surface area (Å²) in [5, 5.41) is 4.91. The molecule has 0 radical (unpaired) electrons. The summed E-state index contributed by atoms with van der Waals surface area (Å²) in [6, 6.07) is 22.4. The fourth-order valence-electron chi connectivity index (χ4n) is 5.26. The number of benzene rings is 2. The highest BCUT2D eigenvalue weighted by molar-refractivity contribution is 7.80. The van der Waals surface area contributed by atoms with E-state index in [1.54, 1.807) is 7.11 Å². The number of aryl methyl sites for hydroxylation is 1. The van der Waals surface area contributed by atoms with Gasteiger partial charge in [-0.05, 0) is 91.6 Å². The van der Waals surface area contributed by atoms with Crippen molar-refractivity contribution >= 4 is 34.6 Å². The molecule has 1 fully saturated rings. The first-order chi connectivity index (χ1) is 17.8. The lowest BCUT2D eigenvalue weighted by Gasteiger charge is -2.28. The maximum atomic E-state index is 6.41. The van der Waals surface area contributed by atoms with E-state index in [1.807, 2.05) is 36.5 Å². The molecule has 2 aromatic heterocycles. The van der Waals surface area contributed by atoms with Crippen LogP contribution in [0, 0.1) is 13.8 Å². The van der Waals surface area contributed by atoms with Gasteiger partial charge in [0.1, 0.15) is 5.75 Å². The van der Waals surface area contributed by atoms with Crippen molar-refractivity contribution in [3.8, 4) is 11.4 Å². The van der Waals surface area contributed by atoms with Gasteiger partial charge in [0, 0.05) is 28.3 Å². The van der Waals surface area contributed by atoms with Crippen LogP contribution in [0.25, 0.3) is 5.69 Å². The number of thiocarbonyl (C=S) groups is 1. The van der Waals surface area contributed by atoms with E-state index in [2.05, 4.69) is 78.9 Å². The van der Waals surface area contributed by atoms with Crippen LogP contribution in [-0.2, 0) is 0 Å². The molecular weight excluding hydrogens is 500 g/mol. The standard InChI is InChI=1S/C30H31ClN4OS/c1-18(2)21-9-12-23(13-10-21)35-29(28(33-30(35)37)25-8-6-7-15-32-25)24-16-19(3)34(20(24)4)26-17-22(31)11-14-27(26)36-5/h6-18,28-29H,1-5H3,(H,33,37)/t28-,29+/m1/s1. The van der Waals surface area contributed by atoms with Crippen LogP contribution in [-0.4, -0.2) is 21.8 Å². The Hall–Kier alpha value is -3.35. The molecule has 0 amide bonds. The molecule has 5 rings (SSSR count). The van der Waals surface area contributed by atoms with Gasteiger partial charge in [0.25, 0.3) is 0 Å². The SMILES string of the molecule is COc1ccc(Cl)cc1-n1c(C)cc([C@H]2[C@@H](c3ccccn3)NC(=S)N2c2ccc(C(C)C)cc2)c1C. The largest absolute Gasteiger partial charge is 0.495 e. The Morgan fingerprint density at radius 3 is 2.43 bits per heavy atom.